The standard InChI is InChI=1S/C12H16N2O4/c15-9(16)11-1-7-12(10(17)18)2-8(11)14-4-6(12)5(11)3-13-7/h5-8,13-14H,1-4H2,(H,15,16)(H,17,18)/t5?,6?,7-,8+,11+,12-. The fourth-order valence-corrected chi connectivity index (χ4v) is 5.35. The molecule has 3 saturated carbocycles. The summed E-state index contributed by atoms with van der Waals surface area (Å²) in [6.45, 7) is 1.30. The van der Waals surface area contributed by atoms with Gasteiger partial charge in [-0.2, -0.15) is 0 Å². The molecule has 0 spiro atoms. The van der Waals surface area contributed by atoms with Crippen LogP contribution in [0.3, 0.4) is 0 Å². The molecular weight excluding hydrogens is 236 g/mol. The van der Waals surface area contributed by atoms with Crippen molar-refractivity contribution >= 4 is 11.9 Å². The molecular formula is C12H16N2O4. The molecule has 3 aliphatic carbocycles. The lowest BCUT2D eigenvalue weighted by atomic mass is 9.37. The molecule has 7 rings (SSSR count). The molecule has 6 heteroatoms. The SMILES string of the molecule is O=C(O)[C@@]12C[C@H]3NCC1C1CN[C@H]2C[C@@]13C(=O)O. The maximum Gasteiger partial charge on any atom is 0.311 e. The van der Waals surface area contributed by atoms with Gasteiger partial charge < -0.3 is 20.8 Å². The normalized spacial score (nSPS) is 55.8. The zero-order valence-corrected chi connectivity index (χ0v) is 9.85. The van der Waals surface area contributed by atoms with E-state index < -0.39 is 22.8 Å². The van der Waals surface area contributed by atoms with Crippen molar-refractivity contribution in [3.63, 3.8) is 0 Å². The highest BCUT2D eigenvalue weighted by Gasteiger charge is 2.77. The first kappa shape index (κ1) is 10.8. The molecule has 0 radical (unpaired) electrons. The Morgan fingerprint density at radius 2 is 1.28 bits per heavy atom. The average molecular weight is 252 g/mol. The minimum absolute atomic E-state index is 0.0453. The highest BCUT2D eigenvalue weighted by atomic mass is 16.4. The van der Waals surface area contributed by atoms with Crippen LogP contribution in [-0.2, 0) is 9.59 Å². The smallest absolute Gasteiger partial charge is 0.311 e. The van der Waals surface area contributed by atoms with Gasteiger partial charge in [-0.05, 0) is 37.8 Å². The number of carboxylic acid groups (broad SMARTS) is 2. The zero-order chi connectivity index (χ0) is 12.7. The van der Waals surface area contributed by atoms with Crippen LogP contribution in [0.15, 0.2) is 0 Å². The predicted octanol–water partition coefficient (Wildman–Crippen LogP) is -0.888. The number of hydrogen-bond acceptors (Lipinski definition) is 4. The third kappa shape index (κ3) is 0.824. The van der Waals surface area contributed by atoms with E-state index in [1.807, 2.05) is 0 Å². The zero-order valence-electron chi connectivity index (χ0n) is 9.85. The summed E-state index contributed by atoms with van der Waals surface area (Å²) in [6.07, 6.45) is 0.904. The molecule has 4 N–H and O–H groups in total. The van der Waals surface area contributed by atoms with Crippen molar-refractivity contribution in [1.82, 2.24) is 10.6 Å². The van der Waals surface area contributed by atoms with Gasteiger partial charge in [0.1, 0.15) is 0 Å². The summed E-state index contributed by atoms with van der Waals surface area (Å²) in [7, 11) is 0. The maximum absolute atomic E-state index is 11.8. The Morgan fingerprint density at radius 3 is 1.61 bits per heavy atom. The van der Waals surface area contributed by atoms with Gasteiger partial charge >= 0.3 is 11.9 Å². The van der Waals surface area contributed by atoms with Crippen LogP contribution in [0.1, 0.15) is 12.8 Å². The first-order valence-corrected chi connectivity index (χ1v) is 6.47. The van der Waals surface area contributed by atoms with Gasteiger partial charge in [0, 0.05) is 12.1 Å². The van der Waals surface area contributed by atoms with Crippen LogP contribution in [-0.4, -0.2) is 47.3 Å². The number of carbonyl (C=O) groups is 2. The number of aliphatic carboxylic acids is 2. The Kier molecular flexibility index (Phi) is 1.72. The van der Waals surface area contributed by atoms with E-state index in [2.05, 4.69) is 10.6 Å². The van der Waals surface area contributed by atoms with E-state index in [1.54, 1.807) is 0 Å². The molecule has 4 heterocycles. The maximum atomic E-state index is 11.8. The summed E-state index contributed by atoms with van der Waals surface area (Å²) in [5.41, 5.74) is -1.48. The summed E-state index contributed by atoms with van der Waals surface area (Å²) in [4.78, 5) is 23.5. The fourth-order valence-electron chi connectivity index (χ4n) is 5.35. The van der Waals surface area contributed by atoms with Crippen molar-refractivity contribution < 1.29 is 19.8 Å². The number of fused-ring (bicyclic) bond motifs is 2. The van der Waals surface area contributed by atoms with E-state index in [-0.39, 0.29) is 23.9 Å². The summed E-state index contributed by atoms with van der Waals surface area (Å²) < 4.78 is 0. The molecule has 98 valence electrons. The van der Waals surface area contributed by atoms with Crippen LogP contribution in [0.2, 0.25) is 0 Å². The molecule has 2 unspecified atom stereocenters. The summed E-state index contributed by atoms with van der Waals surface area (Å²) in [5.74, 6) is -1.59. The van der Waals surface area contributed by atoms with E-state index in [4.69, 9.17) is 0 Å². The molecule has 0 aromatic rings. The van der Waals surface area contributed by atoms with E-state index in [1.165, 1.54) is 0 Å². The molecule has 6 nitrogen and oxygen atoms in total. The first-order chi connectivity index (χ1) is 8.53. The fraction of sp³-hybridized carbons (Fsp3) is 0.833. The van der Waals surface area contributed by atoms with Gasteiger partial charge in [-0.15, -0.1) is 0 Å². The molecule has 6 bridgehead atoms. The van der Waals surface area contributed by atoms with Crippen LogP contribution in [0.5, 0.6) is 0 Å². The molecule has 6 atom stereocenters. The third-order valence-electron chi connectivity index (χ3n) is 6.10. The number of nitrogens with one attached hydrogen (secondary N) is 2. The van der Waals surface area contributed by atoms with Gasteiger partial charge in [-0.1, -0.05) is 0 Å². The van der Waals surface area contributed by atoms with Gasteiger partial charge in [0.15, 0.2) is 0 Å². The Hall–Kier alpha value is -1.14. The van der Waals surface area contributed by atoms with Crippen LogP contribution >= 0.6 is 0 Å². The lowest BCUT2D eigenvalue weighted by Gasteiger charge is -2.72. The Balaban J connectivity index is 1.91. The molecule has 0 aromatic carbocycles. The van der Waals surface area contributed by atoms with Gasteiger partial charge in [-0.3, -0.25) is 9.59 Å². The second-order valence-electron chi connectivity index (χ2n) is 6.23. The number of piperidine rings is 4. The topological polar surface area (TPSA) is 98.7 Å². The third-order valence-corrected chi connectivity index (χ3v) is 6.10. The molecule has 18 heavy (non-hydrogen) atoms. The summed E-state index contributed by atoms with van der Waals surface area (Å²) in [6, 6.07) is -0.362. The average Bonchev–Trinajstić information content (AvgIpc) is 2.38. The van der Waals surface area contributed by atoms with E-state index in [0.717, 1.165) is 0 Å². The quantitative estimate of drug-likeness (QED) is 0.509. The van der Waals surface area contributed by atoms with Gasteiger partial charge in [0.2, 0.25) is 0 Å². The minimum Gasteiger partial charge on any atom is -0.481 e. The molecule has 0 amide bonds. The second-order valence-corrected chi connectivity index (χ2v) is 6.23. The first-order valence-electron chi connectivity index (χ1n) is 6.47. The van der Waals surface area contributed by atoms with Crippen LogP contribution in [0.4, 0.5) is 0 Å². The van der Waals surface area contributed by atoms with Gasteiger partial charge in [0.25, 0.3) is 0 Å². The lowest BCUT2D eigenvalue weighted by molar-refractivity contribution is -0.234. The van der Waals surface area contributed by atoms with Crippen molar-refractivity contribution in [3.8, 4) is 0 Å². The number of hydrogen-bond donors (Lipinski definition) is 4. The van der Waals surface area contributed by atoms with Crippen LogP contribution < -0.4 is 10.6 Å². The van der Waals surface area contributed by atoms with Crippen LogP contribution in [0, 0.1) is 22.7 Å². The van der Waals surface area contributed by atoms with E-state index >= 15 is 0 Å². The highest BCUT2D eigenvalue weighted by Crippen LogP contribution is 2.66. The summed E-state index contributed by atoms with van der Waals surface area (Å²) >= 11 is 0. The van der Waals surface area contributed by atoms with Crippen molar-refractivity contribution in [3.05, 3.63) is 0 Å². The molecule has 4 aliphatic heterocycles. The van der Waals surface area contributed by atoms with Crippen molar-refractivity contribution in [2.75, 3.05) is 13.1 Å². The van der Waals surface area contributed by atoms with Crippen molar-refractivity contribution in [2.45, 2.75) is 24.9 Å². The Morgan fingerprint density at radius 1 is 0.889 bits per heavy atom. The Labute approximate surface area is 104 Å². The molecule has 0 aromatic heterocycles. The van der Waals surface area contributed by atoms with Crippen molar-refractivity contribution in [1.29, 1.82) is 0 Å². The van der Waals surface area contributed by atoms with Crippen LogP contribution in [0.25, 0.3) is 0 Å². The van der Waals surface area contributed by atoms with E-state index in [0.29, 0.717) is 25.9 Å². The molecule has 7 aliphatic rings. The summed E-state index contributed by atoms with van der Waals surface area (Å²) in [5, 5.41) is 25.9. The second kappa shape index (κ2) is 2.88. The minimum atomic E-state index is -0.750. The Bertz CT molecular complexity index is 425. The predicted molar refractivity (Wildman–Crippen MR) is 59.9 cm³/mol. The molecule has 7 fully saturated rings. The van der Waals surface area contributed by atoms with Gasteiger partial charge in [0.05, 0.1) is 10.8 Å². The highest BCUT2D eigenvalue weighted by molar-refractivity contribution is 5.83. The van der Waals surface area contributed by atoms with E-state index in [9.17, 15) is 19.8 Å². The van der Waals surface area contributed by atoms with Gasteiger partial charge in [-0.25, -0.2) is 0 Å². The number of rotatable bonds is 2. The lowest BCUT2D eigenvalue weighted by Crippen LogP contribution is -2.85. The number of carboxylic acids is 2. The van der Waals surface area contributed by atoms with Crippen molar-refractivity contribution in [2.24, 2.45) is 22.7 Å². The molecule has 4 saturated heterocycles. The monoisotopic (exact) mass is 252 g/mol. The largest absolute Gasteiger partial charge is 0.481 e.